The number of carbonyl (C=O) groups excluding carboxylic acids is 1. The Morgan fingerprint density at radius 2 is 2.31 bits per heavy atom. The lowest BCUT2D eigenvalue weighted by Crippen LogP contribution is -2.61. The van der Waals surface area contributed by atoms with Crippen LogP contribution in [0.15, 0.2) is 0 Å². The first-order valence-electron chi connectivity index (χ1n) is 5.71. The van der Waals surface area contributed by atoms with Crippen molar-refractivity contribution in [3.05, 3.63) is 0 Å². The summed E-state index contributed by atoms with van der Waals surface area (Å²) in [6, 6.07) is 0. The van der Waals surface area contributed by atoms with Gasteiger partial charge in [-0.25, -0.2) is 0 Å². The highest BCUT2D eigenvalue weighted by molar-refractivity contribution is 8.01. The van der Waals surface area contributed by atoms with Gasteiger partial charge >= 0.3 is 0 Å². The molecule has 4 nitrogen and oxygen atoms in total. The second-order valence-electron chi connectivity index (χ2n) is 4.46. The monoisotopic (exact) mass is 245 g/mol. The zero-order chi connectivity index (χ0) is 11.6. The van der Waals surface area contributed by atoms with Gasteiger partial charge in [0.2, 0.25) is 5.91 Å². The number of hydrogen-bond donors (Lipinski definition) is 0. The van der Waals surface area contributed by atoms with Gasteiger partial charge in [0, 0.05) is 32.6 Å². The van der Waals surface area contributed by atoms with Crippen molar-refractivity contribution < 1.29 is 14.3 Å². The number of hydrogen-bond acceptors (Lipinski definition) is 4. The smallest absolute Gasteiger partial charge is 0.248 e. The van der Waals surface area contributed by atoms with Crippen molar-refractivity contribution in [3.8, 4) is 0 Å². The highest BCUT2D eigenvalue weighted by Crippen LogP contribution is 2.45. The molecule has 0 N–H and O–H groups in total. The van der Waals surface area contributed by atoms with Gasteiger partial charge in [0.25, 0.3) is 0 Å². The number of thioether (sulfide) groups is 1. The Kier molecular flexibility index (Phi) is 3.77. The van der Waals surface area contributed by atoms with E-state index in [9.17, 15) is 4.79 Å². The van der Waals surface area contributed by atoms with Crippen molar-refractivity contribution in [2.24, 2.45) is 0 Å². The summed E-state index contributed by atoms with van der Waals surface area (Å²) in [5.41, 5.74) is 0. The summed E-state index contributed by atoms with van der Waals surface area (Å²) in [7, 11) is 1.56. The minimum atomic E-state index is 0.105. The molecule has 0 aromatic rings. The minimum Gasteiger partial charge on any atom is -0.378 e. The lowest BCUT2D eigenvalue weighted by atomic mass is 9.93. The zero-order valence-electron chi connectivity index (χ0n) is 9.90. The molecule has 2 aliphatic heterocycles. The Morgan fingerprint density at radius 1 is 1.56 bits per heavy atom. The largest absolute Gasteiger partial charge is 0.378 e. The normalized spacial score (nSPS) is 27.1. The summed E-state index contributed by atoms with van der Waals surface area (Å²) in [5.74, 6) is 1.17. The Labute approximate surface area is 101 Å². The van der Waals surface area contributed by atoms with Crippen LogP contribution >= 0.6 is 11.8 Å². The fourth-order valence-corrected chi connectivity index (χ4v) is 3.96. The number of amides is 1. The molecule has 5 heteroatoms. The molecule has 16 heavy (non-hydrogen) atoms. The minimum absolute atomic E-state index is 0.105. The predicted octanol–water partition coefficient (Wildman–Crippen LogP) is 0.756. The van der Waals surface area contributed by atoms with Gasteiger partial charge in [0.05, 0.1) is 10.9 Å². The SMILES string of the molecule is CCO[C@@H]1CSC2(C1)CN(C(=O)COC)C2. The fourth-order valence-electron chi connectivity index (χ4n) is 2.41. The molecule has 0 bridgehead atoms. The molecule has 0 aliphatic carbocycles. The first-order chi connectivity index (χ1) is 7.69. The van der Waals surface area contributed by atoms with Crippen LogP contribution in [0.5, 0.6) is 0 Å². The van der Waals surface area contributed by atoms with Gasteiger partial charge in [0.15, 0.2) is 0 Å². The average molecular weight is 245 g/mol. The third-order valence-electron chi connectivity index (χ3n) is 3.16. The molecule has 0 radical (unpaired) electrons. The number of methoxy groups -OCH3 is 1. The number of ether oxygens (including phenoxy) is 2. The summed E-state index contributed by atoms with van der Waals surface area (Å²) in [4.78, 5) is 13.4. The third-order valence-corrected chi connectivity index (χ3v) is 4.73. The van der Waals surface area contributed by atoms with Crippen LogP contribution < -0.4 is 0 Å². The van der Waals surface area contributed by atoms with Crippen LogP contribution in [0.2, 0.25) is 0 Å². The van der Waals surface area contributed by atoms with Gasteiger partial charge in [-0.3, -0.25) is 4.79 Å². The van der Waals surface area contributed by atoms with Crippen molar-refractivity contribution in [2.45, 2.75) is 24.2 Å². The molecule has 1 spiro atoms. The molecule has 0 saturated carbocycles. The number of nitrogens with zero attached hydrogens (tertiary/aromatic N) is 1. The van der Waals surface area contributed by atoms with Crippen molar-refractivity contribution >= 4 is 17.7 Å². The molecule has 2 saturated heterocycles. The van der Waals surface area contributed by atoms with Crippen LogP contribution in [0.3, 0.4) is 0 Å². The second-order valence-corrected chi connectivity index (χ2v) is 5.95. The van der Waals surface area contributed by atoms with Crippen molar-refractivity contribution in [2.75, 3.05) is 39.2 Å². The molecule has 0 unspecified atom stereocenters. The van der Waals surface area contributed by atoms with Crippen LogP contribution in [-0.2, 0) is 14.3 Å². The number of carbonyl (C=O) groups is 1. The summed E-state index contributed by atoms with van der Waals surface area (Å²) < 4.78 is 10.8. The highest BCUT2D eigenvalue weighted by atomic mass is 32.2. The molecule has 92 valence electrons. The van der Waals surface area contributed by atoms with Gasteiger partial charge in [0.1, 0.15) is 6.61 Å². The molecule has 2 fully saturated rings. The maximum Gasteiger partial charge on any atom is 0.248 e. The van der Waals surface area contributed by atoms with E-state index >= 15 is 0 Å². The van der Waals surface area contributed by atoms with E-state index in [1.807, 2.05) is 23.6 Å². The average Bonchev–Trinajstić information content (AvgIpc) is 2.61. The van der Waals surface area contributed by atoms with E-state index in [1.165, 1.54) is 0 Å². The Hall–Kier alpha value is -0.260. The van der Waals surface area contributed by atoms with Crippen LogP contribution in [-0.4, -0.2) is 60.8 Å². The number of likely N-dealkylation sites (tertiary alicyclic amines) is 1. The van der Waals surface area contributed by atoms with E-state index in [2.05, 4.69) is 0 Å². The molecule has 0 aromatic heterocycles. The van der Waals surface area contributed by atoms with Crippen LogP contribution in [0, 0.1) is 0 Å². The number of rotatable bonds is 4. The van der Waals surface area contributed by atoms with Gasteiger partial charge in [-0.1, -0.05) is 0 Å². The van der Waals surface area contributed by atoms with Crippen molar-refractivity contribution in [1.82, 2.24) is 4.90 Å². The molecule has 2 heterocycles. The topological polar surface area (TPSA) is 38.8 Å². The maximum atomic E-state index is 11.5. The first kappa shape index (κ1) is 12.2. The van der Waals surface area contributed by atoms with Crippen LogP contribution in [0.25, 0.3) is 0 Å². The molecular formula is C11H19NO3S. The maximum absolute atomic E-state index is 11.5. The standard InChI is InChI=1S/C11H19NO3S/c1-3-15-9-4-11(16-6-9)7-12(8-11)10(13)5-14-2/h9H,3-8H2,1-2H3/t9-/m0/s1. The van der Waals surface area contributed by atoms with Crippen LogP contribution in [0.4, 0.5) is 0 Å². The van der Waals surface area contributed by atoms with Crippen LogP contribution in [0.1, 0.15) is 13.3 Å². The van der Waals surface area contributed by atoms with E-state index in [-0.39, 0.29) is 17.3 Å². The molecule has 1 atom stereocenters. The summed E-state index contributed by atoms with van der Waals surface area (Å²) >= 11 is 1.96. The van der Waals surface area contributed by atoms with Gasteiger partial charge < -0.3 is 14.4 Å². The molecule has 1 amide bonds. The predicted molar refractivity (Wildman–Crippen MR) is 63.7 cm³/mol. The van der Waals surface area contributed by atoms with Crippen molar-refractivity contribution in [3.63, 3.8) is 0 Å². The van der Waals surface area contributed by atoms with Gasteiger partial charge in [-0.2, -0.15) is 0 Å². The summed E-state index contributed by atoms with van der Waals surface area (Å²) in [6.07, 6.45) is 1.47. The summed E-state index contributed by atoms with van der Waals surface area (Å²) in [6.45, 7) is 4.75. The second kappa shape index (κ2) is 4.94. The fraction of sp³-hybridized carbons (Fsp3) is 0.909. The van der Waals surface area contributed by atoms with E-state index in [0.717, 1.165) is 31.9 Å². The van der Waals surface area contributed by atoms with Gasteiger partial charge in [-0.05, 0) is 13.3 Å². The lowest BCUT2D eigenvalue weighted by Gasteiger charge is -2.47. The van der Waals surface area contributed by atoms with E-state index in [0.29, 0.717) is 6.10 Å². The Bertz CT molecular complexity index is 266. The molecule has 2 rings (SSSR count). The third kappa shape index (κ3) is 2.36. The van der Waals surface area contributed by atoms with E-state index in [4.69, 9.17) is 9.47 Å². The molecule has 2 aliphatic rings. The Morgan fingerprint density at radius 3 is 2.94 bits per heavy atom. The first-order valence-corrected chi connectivity index (χ1v) is 6.70. The van der Waals surface area contributed by atoms with Crippen molar-refractivity contribution in [1.29, 1.82) is 0 Å². The van der Waals surface area contributed by atoms with E-state index in [1.54, 1.807) is 7.11 Å². The zero-order valence-corrected chi connectivity index (χ0v) is 10.7. The van der Waals surface area contributed by atoms with E-state index < -0.39 is 0 Å². The highest BCUT2D eigenvalue weighted by Gasteiger charge is 2.50. The van der Waals surface area contributed by atoms with Gasteiger partial charge in [-0.15, -0.1) is 11.8 Å². The summed E-state index contributed by atoms with van der Waals surface area (Å²) in [5, 5.41) is 0. The quantitative estimate of drug-likeness (QED) is 0.733. The lowest BCUT2D eigenvalue weighted by molar-refractivity contribution is -0.140. The molecular weight excluding hydrogens is 226 g/mol. The molecule has 0 aromatic carbocycles. The Balaban J connectivity index is 1.77.